The van der Waals surface area contributed by atoms with Crippen LogP contribution in [0, 0.1) is 0 Å². The normalized spacial score (nSPS) is 10.3. The van der Waals surface area contributed by atoms with Crippen LogP contribution < -0.4 is 0 Å². The Morgan fingerprint density at radius 3 is 2.44 bits per heavy atom. The summed E-state index contributed by atoms with van der Waals surface area (Å²) in [4.78, 5) is 15.0. The van der Waals surface area contributed by atoms with E-state index < -0.39 is 5.97 Å². The topological polar surface area (TPSA) is 50.2 Å². The molecule has 18 heavy (non-hydrogen) atoms. The number of carbonyl (C=O) groups is 1. The second-order valence-electron chi connectivity index (χ2n) is 3.57. The fourth-order valence-corrected chi connectivity index (χ4v) is 2.29. The minimum Gasteiger partial charge on any atom is -0.477 e. The molecule has 5 heteroatoms. The molecule has 0 radical (unpaired) electrons. The van der Waals surface area contributed by atoms with Crippen molar-refractivity contribution >= 4 is 29.3 Å². The summed E-state index contributed by atoms with van der Waals surface area (Å²) in [5.74, 6) is -1.02. The minimum atomic E-state index is -1.02. The Kier molecular flexibility index (Phi) is 3.89. The van der Waals surface area contributed by atoms with Crippen molar-refractivity contribution in [3.63, 3.8) is 0 Å². The van der Waals surface area contributed by atoms with Crippen LogP contribution in [0.25, 0.3) is 11.1 Å². The Morgan fingerprint density at radius 2 is 1.89 bits per heavy atom. The number of carboxylic acids is 1. The highest BCUT2D eigenvalue weighted by Crippen LogP contribution is 2.29. The van der Waals surface area contributed by atoms with Crippen LogP contribution in [0.4, 0.5) is 0 Å². The number of halogens is 1. The predicted octanol–water partition coefficient (Wildman–Crippen LogP) is 3.82. The summed E-state index contributed by atoms with van der Waals surface area (Å²) in [6, 6.07) is 10.6. The molecule has 1 N–H and O–H groups in total. The van der Waals surface area contributed by atoms with E-state index >= 15 is 0 Å². The van der Waals surface area contributed by atoms with Gasteiger partial charge in [-0.05, 0) is 36.1 Å². The lowest BCUT2D eigenvalue weighted by Crippen LogP contribution is -2.01. The third kappa shape index (κ3) is 2.66. The van der Waals surface area contributed by atoms with Crippen molar-refractivity contribution in [2.45, 2.75) is 5.03 Å². The number of pyridine rings is 1. The molecule has 0 atom stereocenters. The summed E-state index contributed by atoms with van der Waals surface area (Å²) >= 11 is 7.26. The Labute approximate surface area is 114 Å². The number of nitrogens with zero attached hydrogens (tertiary/aromatic N) is 1. The Morgan fingerprint density at radius 1 is 1.22 bits per heavy atom. The number of aromatic nitrogens is 1. The molecule has 0 amide bonds. The van der Waals surface area contributed by atoms with E-state index in [1.165, 1.54) is 17.8 Å². The zero-order chi connectivity index (χ0) is 13.1. The quantitative estimate of drug-likeness (QED) is 0.868. The lowest BCUT2D eigenvalue weighted by molar-refractivity contribution is 0.0690. The van der Waals surface area contributed by atoms with Gasteiger partial charge in [-0.3, -0.25) is 0 Å². The molecule has 0 aliphatic rings. The first-order valence-corrected chi connectivity index (χ1v) is 6.76. The summed E-state index contributed by atoms with van der Waals surface area (Å²) in [5.41, 5.74) is 1.93. The van der Waals surface area contributed by atoms with Crippen LogP contribution >= 0.6 is 23.4 Å². The first-order chi connectivity index (χ1) is 8.61. The number of hydrogen-bond donors (Lipinski definition) is 1. The maximum Gasteiger partial charge on any atom is 0.354 e. The van der Waals surface area contributed by atoms with Gasteiger partial charge < -0.3 is 5.11 Å². The molecule has 0 aliphatic heterocycles. The minimum absolute atomic E-state index is 0.0528. The van der Waals surface area contributed by atoms with Gasteiger partial charge in [0.25, 0.3) is 0 Å². The number of thioether (sulfide) groups is 1. The lowest BCUT2D eigenvalue weighted by Gasteiger charge is -2.07. The zero-order valence-electron chi connectivity index (χ0n) is 9.55. The largest absolute Gasteiger partial charge is 0.477 e. The van der Waals surface area contributed by atoms with E-state index in [0.29, 0.717) is 10.0 Å². The van der Waals surface area contributed by atoms with Crippen molar-refractivity contribution in [1.29, 1.82) is 0 Å². The average Bonchev–Trinajstić information content (AvgIpc) is 2.39. The van der Waals surface area contributed by atoms with Crippen LogP contribution in [0.5, 0.6) is 0 Å². The molecule has 0 saturated heterocycles. The first kappa shape index (κ1) is 12.9. The van der Waals surface area contributed by atoms with Crippen molar-refractivity contribution in [3.05, 3.63) is 47.1 Å². The van der Waals surface area contributed by atoms with Crippen LogP contribution in [0.2, 0.25) is 5.02 Å². The van der Waals surface area contributed by atoms with E-state index in [2.05, 4.69) is 4.98 Å². The molecule has 92 valence electrons. The highest BCUT2D eigenvalue weighted by molar-refractivity contribution is 7.98. The van der Waals surface area contributed by atoms with Gasteiger partial charge >= 0.3 is 5.97 Å². The monoisotopic (exact) mass is 279 g/mol. The summed E-state index contributed by atoms with van der Waals surface area (Å²) in [7, 11) is 0. The molecule has 0 saturated carbocycles. The van der Waals surface area contributed by atoms with Gasteiger partial charge in [0, 0.05) is 10.6 Å². The average molecular weight is 280 g/mol. The van der Waals surface area contributed by atoms with Gasteiger partial charge in [0.05, 0.1) is 0 Å². The summed E-state index contributed by atoms with van der Waals surface area (Å²) < 4.78 is 0. The SMILES string of the molecule is CSc1nc(C(=O)O)ccc1-c1ccc(Cl)cc1. The third-order valence-corrected chi connectivity index (χ3v) is 3.38. The van der Waals surface area contributed by atoms with E-state index in [1.807, 2.05) is 18.4 Å². The van der Waals surface area contributed by atoms with E-state index in [0.717, 1.165) is 11.1 Å². The molecule has 1 aromatic carbocycles. The van der Waals surface area contributed by atoms with E-state index in [4.69, 9.17) is 16.7 Å². The molecule has 1 aromatic heterocycles. The number of hydrogen-bond acceptors (Lipinski definition) is 3. The summed E-state index contributed by atoms with van der Waals surface area (Å²) in [5, 5.41) is 10.3. The van der Waals surface area contributed by atoms with Gasteiger partial charge in [-0.2, -0.15) is 0 Å². The molecule has 0 aliphatic carbocycles. The van der Waals surface area contributed by atoms with Crippen LogP contribution in [-0.2, 0) is 0 Å². The fourth-order valence-electron chi connectivity index (χ4n) is 1.56. The van der Waals surface area contributed by atoms with E-state index in [9.17, 15) is 4.79 Å². The van der Waals surface area contributed by atoms with Crippen LogP contribution in [0.1, 0.15) is 10.5 Å². The van der Waals surface area contributed by atoms with Gasteiger partial charge in [0.15, 0.2) is 0 Å². The molecular weight excluding hydrogens is 270 g/mol. The molecule has 0 fully saturated rings. The van der Waals surface area contributed by atoms with Gasteiger partial charge in [-0.1, -0.05) is 23.7 Å². The van der Waals surface area contributed by atoms with Gasteiger partial charge in [-0.25, -0.2) is 9.78 Å². The number of aromatic carboxylic acids is 1. The van der Waals surface area contributed by atoms with Crippen molar-refractivity contribution in [3.8, 4) is 11.1 Å². The molecule has 0 spiro atoms. The Hall–Kier alpha value is -1.52. The number of benzene rings is 1. The van der Waals surface area contributed by atoms with Gasteiger partial charge in [0.1, 0.15) is 10.7 Å². The van der Waals surface area contributed by atoms with Crippen molar-refractivity contribution < 1.29 is 9.90 Å². The van der Waals surface area contributed by atoms with Crippen LogP contribution in [0.15, 0.2) is 41.4 Å². The highest BCUT2D eigenvalue weighted by Gasteiger charge is 2.11. The second kappa shape index (κ2) is 5.42. The molecule has 2 aromatic rings. The van der Waals surface area contributed by atoms with Crippen LogP contribution in [-0.4, -0.2) is 22.3 Å². The summed E-state index contributed by atoms with van der Waals surface area (Å²) in [6.07, 6.45) is 1.87. The summed E-state index contributed by atoms with van der Waals surface area (Å²) in [6.45, 7) is 0. The standard InChI is InChI=1S/C13H10ClNO2S/c1-18-12-10(6-7-11(15-12)13(16)17)8-2-4-9(14)5-3-8/h2-7H,1H3,(H,16,17). The number of carboxylic acid groups (broad SMARTS) is 1. The third-order valence-electron chi connectivity index (χ3n) is 2.43. The maximum absolute atomic E-state index is 10.9. The highest BCUT2D eigenvalue weighted by atomic mass is 35.5. The smallest absolute Gasteiger partial charge is 0.354 e. The van der Waals surface area contributed by atoms with Crippen molar-refractivity contribution in [2.75, 3.05) is 6.26 Å². The predicted molar refractivity (Wildman–Crippen MR) is 73.4 cm³/mol. The second-order valence-corrected chi connectivity index (χ2v) is 4.80. The van der Waals surface area contributed by atoms with Crippen molar-refractivity contribution in [1.82, 2.24) is 4.98 Å². The molecule has 2 rings (SSSR count). The van der Waals surface area contributed by atoms with Gasteiger partial charge in [-0.15, -0.1) is 11.8 Å². The molecule has 3 nitrogen and oxygen atoms in total. The molecule has 1 heterocycles. The number of rotatable bonds is 3. The van der Waals surface area contributed by atoms with Crippen molar-refractivity contribution in [2.24, 2.45) is 0 Å². The zero-order valence-corrected chi connectivity index (χ0v) is 11.1. The van der Waals surface area contributed by atoms with E-state index in [1.54, 1.807) is 18.2 Å². The van der Waals surface area contributed by atoms with E-state index in [-0.39, 0.29) is 5.69 Å². The molecule has 0 unspecified atom stereocenters. The van der Waals surface area contributed by atoms with Crippen LogP contribution in [0.3, 0.4) is 0 Å². The van der Waals surface area contributed by atoms with Gasteiger partial charge in [0.2, 0.25) is 0 Å². The Balaban J connectivity index is 2.50. The Bertz CT molecular complexity index is 584. The maximum atomic E-state index is 10.9. The first-order valence-electron chi connectivity index (χ1n) is 5.16. The molecular formula is C13H10ClNO2S. The lowest BCUT2D eigenvalue weighted by atomic mass is 10.1. The molecule has 0 bridgehead atoms. The fraction of sp³-hybridized carbons (Fsp3) is 0.0769.